The van der Waals surface area contributed by atoms with Crippen molar-refractivity contribution in [1.29, 1.82) is 0 Å². The molecule has 26 atom stereocenters. The second kappa shape index (κ2) is 18.8. The molecular weight excluding hydrogens is 796 g/mol. The highest BCUT2D eigenvalue weighted by Crippen LogP contribution is 2.37. The van der Waals surface area contributed by atoms with Gasteiger partial charge in [-0.15, -0.1) is 0 Å². The fraction of sp³-hybridized carbons (Fsp3) is 1.00. The molecule has 6 heterocycles. The molecule has 0 aromatic rings. The van der Waals surface area contributed by atoms with E-state index in [9.17, 15) is 71.5 Å². The number of rotatable bonds is 11. The summed E-state index contributed by atoms with van der Waals surface area (Å²) in [5.74, 6) is 0. The molecule has 0 aromatic carbocycles. The average molecular weight is 853 g/mol. The van der Waals surface area contributed by atoms with E-state index in [1.54, 1.807) is 0 Å². The van der Waals surface area contributed by atoms with Gasteiger partial charge in [0.2, 0.25) is 0 Å². The van der Waals surface area contributed by atoms with E-state index in [0.717, 1.165) is 0 Å². The van der Waals surface area contributed by atoms with Gasteiger partial charge in [-0.25, -0.2) is 0 Å². The van der Waals surface area contributed by atoms with E-state index >= 15 is 0 Å². The van der Waals surface area contributed by atoms with Gasteiger partial charge < -0.3 is 124 Å². The Kier molecular flexibility index (Phi) is 15.0. The van der Waals surface area contributed by atoms with E-state index in [2.05, 4.69) is 0 Å². The third-order valence-electron chi connectivity index (χ3n) is 11.3. The summed E-state index contributed by atoms with van der Waals surface area (Å²) in [5.41, 5.74) is -2.12. The molecule has 25 nitrogen and oxygen atoms in total. The first-order valence-electron chi connectivity index (χ1n) is 18.9. The van der Waals surface area contributed by atoms with Crippen LogP contribution in [0.4, 0.5) is 0 Å². The molecule has 338 valence electrons. The summed E-state index contributed by atoms with van der Waals surface area (Å²) in [6.07, 6.45) is -41.2. The Hall–Kier alpha value is -1.00. The maximum absolute atomic E-state index is 11.8. The van der Waals surface area contributed by atoms with Gasteiger partial charge in [-0.1, -0.05) is 0 Å². The van der Waals surface area contributed by atoms with Gasteiger partial charge in [0.05, 0.1) is 44.7 Å². The van der Waals surface area contributed by atoms with Crippen molar-refractivity contribution in [3.63, 3.8) is 0 Å². The first-order valence-corrected chi connectivity index (χ1v) is 18.9. The maximum Gasteiger partial charge on any atom is 0.187 e. The van der Waals surface area contributed by atoms with Gasteiger partial charge in [-0.2, -0.15) is 0 Å². The summed E-state index contributed by atoms with van der Waals surface area (Å²) in [4.78, 5) is 0. The van der Waals surface area contributed by atoms with Crippen molar-refractivity contribution < 1.29 is 124 Å². The van der Waals surface area contributed by atoms with Crippen molar-refractivity contribution >= 4 is 0 Å². The zero-order chi connectivity index (χ0) is 42.5. The summed E-state index contributed by atoms with van der Waals surface area (Å²) in [5, 5.41) is 148. The Morgan fingerprint density at radius 1 is 0.448 bits per heavy atom. The predicted octanol–water partition coefficient (Wildman–Crippen LogP) is -9.10. The second-order valence-electron chi connectivity index (χ2n) is 15.5. The molecule has 6 aliphatic rings. The molecule has 0 bridgehead atoms. The van der Waals surface area contributed by atoms with Crippen LogP contribution in [0.1, 0.15) is 20.8 Å². The summed E-state index contributed by atoms with van der Waals surface area (Å²) < 4.78 is 62.4. The average Bonchev–Trinajstić information content (AvgIpc) is 3.47. The molecule has 6 aliphatic heterocycles. The highest BCUT2D eigenvalue weighted by molar-refractivity contribution is 4.99. The Morgan fingerprint density at radius 3 is 1.59 bits per heavy atom. The molecule has 0 amide bonds. The van der Waals surface area contributed by atoms with Crippen molar-refractivity contribution in [3.05, 3.63) is 0 Å². The van der Waals surface area contributed by atoms with Crippen LogP contribution in [0.25, 0.3) is 0 Å². The molecule has 6 saturated heterocycles. The quantitative estimate of drug-likeness (QED) is 0.0917. The first-order chi connectivity index (χ1) is 27.3. The van der Waals surface area contributed by atoms with Gasteiger partial charge in [0.1, 0.15) is 103 Å². The summed E-state index contributed by atoms with van der Waals surface area (Å²) >= 11 is 0. The zero-order valence-electron chi connectivity index (χ0n) is 31.5. The minimum absolute atomic E-state index is 0.523. The van der Waals surface area contributed by atoms with Gasteiger partial charge in [0, 0.05) is 0 Å². The lowest BCUT2D eigenvalue weighted by molar-refractivity contribution is -0.398. The topological polar surface area (TPSA) is 385 Å². The smallest absolute Gasteiger partial charge is 0.187 e. The zero-order valence-corrected chi connectivity index (χ0v) is 31.5. The van der Waals surface area contributed by atoms with Crippen LogP contribution in [0, 0.1) is 0 Å². The van der Waals surface area contributed by atoms with Gasteiger partial charge >= 0.3 is 0 Å². The van der Waals surface area contributed by atoms with Crippen LogP contribution < -0.4 is 0 Å². The highest BCUT2D eigenvalue weighted by atomic mass is 16.8. The third-order valence-corrected chi connectivity index (χ3v) is 11.3. The fourth-order valence-electron chi connectivity index (χ4n) is 7.52. The van der Waals surface area contributed by atoms with Crippen molar-refractivity contribution in [1.82, 2.24) is 0 Å². The molecule has 0 aliphatic carbocycles. The normalized spacial score (nSPS) is 55.7. The number of ether oxygens (including phenoxy) is 11. The molecule has 0 saturated carbocycles. The van der Waals surface area contributed by atoms with Crippen LogP contribution in [0.15, 0.2) is 0 Å². The van der Waals surface area contributed by atoms with Crippen LogP contribution in [-0.2, 0) is 52.1 Å². The Balaban J connectivity index is 1.22. The summed E-state index contributed by atoms with van der Waals surface area (Å²) in [7, 11) is 0. The van der Waals surface area contributed by atoms with Crippen LogP contribution >= 0.6 is 0 Å². The highest BCUT2D eigenvalue weighted by Gasteiger charge is 2.57. The van der Waals surface area contributed by atoms with Crippen LogP contribution in [0.3, 0.4) is 0 Å². The van der Waals surface area contributed by atoms with Gasteiger partial charge in [-0.05, 0) is 20.8 Å². The molecule has 6 rings (SSSR count). The van der Waals surface area contributed by atoms with Crippen molar-refractivity contribution in [2.45, 2.75) is 180 Å². The van der Waals surface area contributed by atoms with Gasteiger partial charge in [-0.3, -0.25) is 0 Å². The van der Waals surface area contributed by atoms with E-state index in [4.69, 9.17) is 52.1 Å². The first kappa shape index (κ1) is 46.5. The van der Waals surface area contributed by atoms with Crippen molar-refractivity contribution in [2.24, 2.45) is 0 Å². The summed E-state index contributed by atoms with van der Waals surface area (Å²) in [6, 6.07) is 0. The fourth-order valence-corrected chi connectivity index (χ4v) is 7.52. The molecule has 58 heavy (non-hydrogen) atoms. The van der Waals surface area contributed by atoms with Crippen molar-refractivity contribution in [2.75, 3.05) is 26.4 Å². The predicted molar refractivity (Wildman–Crippen MR) is 177 cm³/mol. The van der Waals surface area contributed by atoms with Crippen molar-refractivity contribution in [3.8, 4) is 0 Å². The Labute approximate surface area is 330 Å². The lowest BCUT2D eigenvalue weighted by atomic mass is 9.96. The molecule has 25 heteroatoms. The molecule has 6 fully saturated rings. The Bertz CT molecular complexity index is 1320. The minimum Gasteiger partial charge on any atom is -0.393 e. The van der Waals surface area contributed by atoms with Crippen LogP contribution in [0.5, 0.6) is 0 Å². The molecule has 0 aromatic heterocycles. The van der Waals surface area contributed by atoms with Gasteiger partial charge in [0.15, 0.2) is 37.7 Å². The van der Waals surface area contributed by atoms with E-state index in [0.29, 0.717) is 0 Å². The van der Waals surface area contributed by atoms with E-state index < -0.39 is 186 Å². The third kappa shape index (κ3) is 9.20. The van der Waals surface area contributed by atoms with Gasteiger partial charge in [0.25, 0.3) is 0 Å². The minimum atomic E-state index is -2.12. The lowest BCUT2D eigenvalue weighted by Gasteiger charge is -2.49. The number of aliphatic hydroxyl groups excluding tert-OH is 13. The van der Waals surface area contributed by atoms with E-state index in [1.165, 1.54) is 20.8 Å². The molecule has 0 radical (unpaired) electrons. The molecule has 0 spiro atoms. The van der Waals surface area contributed by atoms with Crippen LogP contribution in [-0.4, -0.2) is 257 Å². The maximum atomic E-state index is 11.8. The number of hydrogen-bond donors (Lipinski definition) is 14. The second-order valence-corrected chi connectivity index (χ2v) is 15.5. The SMILES string of the molecule is C[C@@H]1O[C@@H](O[C@@H]2[C@@H](O)[C@H](O[C@@H]3[C@@H](O[C@@H]4OC[C@@H](O)[C@H](O)[C@H]4O)[C@@H](O)[C@H](O[C@@H]4[C@@H](O[C@@H]5OC[C@](O)(CO)[C@H]5O)[C@H](O)[C@@H](C)O[C@H]4O)O[C@H]3C)OC[C@H]2O)[C@H](O)[C@H](O)[C@H]1O. The number of aliphatic hydroxyl groups is 14. The van der Waals surface area contributed by atoms with E-state index in [-0.39, 0.29) is 0 Å². The standard InChI is InChI=1S/C33H56O25/c1-8-13(37)16(40)18(42)30(52-8)55-22-12(36)5-49-29(19(22)43)54-21-10(3)53-31(20(44)24(21)56-28-17(41)15(39)11(35)4-48-28)58-25-23(14(38)9(2)51-27(25)46)57-32-26(45)33(47,6-34)7-50-32/h8-32,34-47H,4-7H2,1-3H3/t8-,9+,10-,11+,12+,13-,14+,15-,16+,17+,18+,19+,20+,21-,22-,23-,24-,25+,26-,27+,28-,29-,30-,31-,32-,33+/m0/s1. The monoisotopic (exact) mass is 852 g/mol. The molecular formula is C33H56O25. The largest absolute Gasteiger partial charge is 0.393 e. The number of hydrogen-bond acceptors (Lipinski definition) is 25. The molecule has 14 N–H and O–H groups in total. The van der Waals surface area contributed by atoms with E-state index in [1.807, 2.05) is 0 Å². The van der Waals surface area contributed by atoms with Crippen LogP contribution in [0.2, 0.25) is 0 Å². The molecule has 0 unspecified atom stereocenters. The Morgan fingerprint density at radius 2 is 0.931 bits per heavy atom. The summed E-state index contributed by atoms with van der Waals surface area (Å²) in [6.45, 7) is 1.63. The lowest BCUT2D eigenvalue weighted by Crippen LogP contribution is -2.67.